The summed E-state index contributed by atoms with van der Waals surface area (Å²) in [4.78, 5) is 12.3. The van der Waals surface area contributed by atoms with Crippen LogP contribution in [0.1, 0.15) is 71.3 Å². The van der Waals surface area contributed by atoms with Crippen LogP contribution in [0.5, 0.6) is 0 Å². The molecule has 1 heterocycles. The van der Waals surface area contributed by atoms with Gasteiger partial charge in [0.1, 0.15) is 0 Å². The average Bonchev–Trinajstić information content (AvgIpc) is 2.77. The number of aromatic carboxylic acids is 1. The lowest BCUT2D eigenvalue weighted by Gasteiger charge is -2.37. The quantitative estimate of drug-likeness (QED) is 0.471. The van der Waals surface area contributed by atoms with E-state index in [0.29, 0.717) is 5.92 Å². The maximum Gasteiger partial charge on any atom is 0.335 e. The summed E-state index contributed by atoms with van der Waals surface area (Å²) in [6.45, 7) is 6.83. The monoisotopic (exact) mass is 426 g/mol. The van der Waals surface area contributed by atoms with Crippen LogP contribution in [0.25, 0.3) is 0 Å². The molecule has 0 radical (unpaired) electrons. The summed E-state index contributed by atoms with van der Waals surface area (Å²) in [6, 6.07) is 22.3. The second kappa shape index (κ2) is 8.65. The predicted molar refractivity (Wildman–Crippen MR) is 128 cm³/mol. The van der Waals surface area contributed by atoms with Gasteiger partial charge in [0.15, 0.2) is 0 Å². The fraction of sp³-hybridized carbons (Fsp3) is 0.250. The maximum atomic E-state index is 11.0. The van der Waals surface area contributed by atoms with E-state index in [1.165, 1.54) is 21.6 Å². The molecule has 0 fully saturated rings. The molecule has 2 nitrogen and oxygen atoms in total. The second-order valence-electron chi connectivity index (χ2n) is 8.60. The van der Waals surface area contributed by atoms with Crippen LogP contribution in [0.3, 0.4) is 0 Å². The molecule has 1 atom stereocenters. The lowest BCUT2D eigenvalue weighted by atomic mass is 9.83. The van der Waals surface area contributed by atoms with Crippen LogP contribution in [0.2, 0.25) is 0 Å². The number of hydrogen-bond donors (Lipinski definition) is 1. The molecule has 156 valence electrons. The molecule has 3 heteroatoms. The highest BCUT2D eigenvalue weighted by Gasteiger charge is 2.33. The summed E-state index contributed by atoms with van der Waals surface area (Å²) in [5.74, 6) is 5.87. The predicted octanol–water partition coefficient (Wildman–Crippen LogP) is 6.75. The Hall–Kier alpha value is -2.96. The lowest BCUT2D eigenvalue weighted by molar-refractivity contribution is 0.0697. The number of carboxylic acid groups (broad SMARTS) is 1. The summed E-state index contributed by atoms with van der Waals surface area (Å²) in [5.41, 5.74) is 6.14. The number of carboxylic acids is 1. The molecule has 0 saturated carbocycles. The molecule has 1 N–H and O–H groups in total. The molecule has 0 saturated heterocycles. The van der Waals surface area contributed by atoms with Crippen LogP contribution in [0.15, 0.2) is 71.6 Å². The number of carbonyl (C=O) groups is 1. The minimum atomic E-state index is -0.923. The highest BCUT2D eigenvalue weighted by Crippen LogP contribution is 2.50. The molecule has 0 bridgehead atoms. The zero-order valence-corrected chi connectivity index (χ0v) is 18.9. The van der Waals surface area contributed by atoms with E-state index in [1.54, 1.807) is 24.3 Å². The van der Waals surface area contributed by atoms with Crippen molar-refractivity contribution in [2.75, 3.05) is 0 Å². The first-order valence-electron chi connectivity index (χ1n) is 10.6. The third-order valence-electron chi connectivity index (χ3n) is 5.74. The van der Waals surface area contributed by atoms with Gasteiger partial charge in [0, 0.05) is 26.7 Å². The SMILES string of the molecule is CCc1ccc(C2CC(C)(C)Sc3ccc(C#Cc4ccc(C(=O)O)cc4)cc32)cc1. The molecule has 1 aliphatic rings. The number of thioether (sulfide) groups is 1. The van der Waals surface area contributed by atoms with Crippen molar-refractivity contribution in [1.29, 1.82) is 0 Å². The number of benzene rings is 3. The highest BCUT2D eigenvalue weighted by molar-refractivity contribution is 8.00. The van der Waals surface area contributed by atoms with Crippen molar-refractivity contribution < 1.29 is 9.90 Å². The van der Waals surface area contributed by atoms with Crippen molar-refractivity contribution in [3.05, 3.63) is 100 Å². The Morgan fingerprint density at radius 2 is 1.65 bits per heavy atom. The van der Waals surface area contributed by atoms with Crippen LogP contribution < -0.4 is 0 Å². The van der Waals surface area contributed by atoms with E-state index in [0.717, 1.165) is 24.0 Å². The topological polar surface area (TPSA) is 37.3 Å². The summed E-state index contributed by atoms with van der Waals surface area (Å²) in [5, 5.41) is 9.04. The van der Waals surface area contributed by atoms with Gasteiger partial charge in [0.25, 0.3) is 0 Å². The van der Waals surface area contributed by atoms with Gasteiger partial charge in [-0.1, -0.05) is 56.9 Å². The van der Waals surface area contributed by atoms with E-state index in [9.17, 15) is 4.79 Å². The fourth-order valence-corrected chi connectivity index (χ4v) is 5.36. The Bertz CT molecular complexity index is 1160. The van der Waals surface area contributed by atoms with E-state index in [2.05, 4.69) is 75.1 Å². The molecule has 3 aromatic rings. The van der Waals surface area contributed by atoms with Gasteiger partial charge >= 0.3 is 5.97 Å². The molecule has 0 aromatic heterocycles. The zero-order valence-electron chi connectivity index (χ0n) is 18.1. The summed E-state index contributed by atoms with van der Waals surface area (Å²) in [7, 11) is 0. The van der Waals surface area contributed by atoms with Crippen molar-refractivity contribution >= 4 is 17.7 Å². The Labute approximate surface area is 188 Å². The van der Waals surface area contributed by atoms with E-state index in [-0.39, 0.29) is 10.3 Å². The van der Waals surface area contributed by atoms with Crippen LogP contribution >= 0.6 is 11.8 Å². The van der Waals surface area contributed by atoms with Gasteiger partial charge in [0.2, 0.25) is 0 Å². The average molecular weight is 427 g/mol. The number of hydrogen-bond acceptors (Lipinski definition) is 2. The van der Waals surface area contributed by atoms with Crippen LogP contribution in [0.4, 0.5) is 0 Å². The highest BCUT2D eigenvalue weighted by atomic mass is 32.2. The summed E-state index contributed by atoms with van der Waals surface area (Å²) in [6.07, 6.45) is 2.14. The van der Waals surface area contributed by atoms with Crippen molar-refractivity contribution in [2.24, 2.45) is 0 Å². The van der Waals surface area contributed by atoms with Crippen LogP contribution in [-0.4, -0.2) is 15.8 Å². The standard InChI is InChI=1S/C28H26O2S/c1-4-19-7-12-22(13-8-19)25-18-28(2,3)31-26-16-11-21(17-24(25)26)6-5-20-9-14-23(15-10-20)27(29)30/h7-17,25H,4,18H2,1-3H3,(H,29,30). The first kappa shape index (κ1) is 21.3. The molecule has 31 heavy (non-hydrogen) atoms. The first-order chi connectivity index (χ1) is 14.8. The van der Waals surface area contributed by atoms with Gasteiger partial charge in [-0.05, 0) is 72.0 Å². The van der Waals surface area contributed by atoms with Gasteiger partial charge in [-0.15, -0.1) is 11.8 Å². The van der Waals surface area contributed by atoms with Gasteiger partial charge in [-0.3, -0.25) is 0 Å². The first-order valence-corrected chi connectivity index (χ1v) is 11.4. The largest absolute Gasteiger partial charge is 0.478 e. The molecule has 0 amide bonds. The van der Waals surface area contributed by atoms with Crippen LogP contribution in [0, 0.1) is 11.8 Å². The molecular weight excluding hydrogens is 400 g/mol. The molecule has 1 aliphatic heterocycles. The smallest absolute Gasteiger partial charge is 0.335 e. The molecule has 1 unspecified atom stereocenters. The van der Waals surface area contributed by atoms with Crippen molar-refractivity contribution in [1.82, 2.24) is 0 Å². The van der Waals surface area contributed by atoms with Gasteiger partial charge in [-0.25, -0.2) is 4.79 Å². The van der Waals surface area contributed by atoms with Crippen molar-refractivity contribution in [2.45, 2.75) is 49.2 Å². The second-order valence-corrected chi connectivity index (χ2v) is 10.3. The zero-order chi connectivity index (χ0) is 22.0. The maximum absolute atomic E-state index is 11.0. The minimum Gasteiger partial charge on any atom is -0.478 e. The third kappa shape index (κ3) is 4.86. The molecule has 4 rings (SSSR count). The van der Waals surface area contributed by atoms with E-state index < -0.39 is 5.97 Å². The normalized spacial score (nSPS) is 16.7. The van der Waals surface area contributed by atoms with Crippen molar-refractivity contribution in [3.63, 3.8) is 0 Å². The Kier molecular flexibility index (Phi) is 5.94. The molecule has 0 aliphatic carbocycles. The van der Waals surface area contributed by atoms with E-state index in [1.807, 2.05) is 11.8 Å². The van der Waals surface area contributed by atoms with E-state index in [4.69, 9.17) is 5.11 Å². The summed E-state index contributed by atoms with van der Waals surface area (Å²) >= 11 is 1.94. The Balaban J connectivity index is 1.67. The third-order valence-corrected chi connectivity index (χ3v) is 7.05. The minimum absolute atomic E-state index is 0.181. The number of fused-ring (bicyclic) bond motifs is 1. The van der Waals surface area contributed by atoms with Crippen LogP contribution in [-0.2, 0) is 6.42 Å². The van der Waals surface area contributed by atoms with Gasteiger partial charge in [-0.2, -0.15) is 0 Å². The molecular formula is C28H26O2S. The van der Waals surface area contributed by atoms with Gasteiger partial charge < -0.3 is 5.11 Å². The fourth-order valence-electron chi connectivity index (χ4n) is 4.06. The Morgan fingerprint density at radius 1 is 1.00 bits per heavy atom. The van der Waals surface area contributed by atoms with Gasteiger partial charge in [0.05, 0.1) is 5.56 Å². The molecule has 0 spiro atoms. The summed E-state index contributed by atoms with van der Waals surface area (Å²) < 4.78 is 0.181. The van der Waals surface area contributed by atoms with E-state index >= 15 is 0 Å². The van der Waals surface area contributed by atoms with Crippen molar-refractivity contribution in [3.8, 4) is 11.8 Å². The lowest BCUT2D eigenvalue weighted by Crippen LogP contribution is -2.24. The Morgan fingerprint density at radius 3 is 2.29 bits per heavy atom. The molecule has 3 aromatic carbocycles. The number of rotatable bonds is 3. The number of aryl methyl sites for hydroxylation is 1.